The summed E-state index contributed by atoms with van der Waals surface area (Å²) in [5, 5.41) is 21.1. The average Bonchev–Trinajstić information content (AvgIpc) is 2.70. The quantitative estimate of drug-likeness (QED) is 0.501. The molecule has 0 aromatic heterocycles. The average molecular weight is 434 g/mol. The Morgan fingerprint density at radius 1 is 1.16 bits per heavy atom. The molecule has 0 aromatic carbocycles. The molecular weight excluding hydrogens is 394 g/mol. The Hall–Kier alpha value is -1.85. The highest BCUT2D eigenvalue weighted by Crippen LogP contribution is 2.64. The minimum atomic E-state index is -1.17. The van der Waals surface area contributed by atoms with Gasteiger partial charge in [-0.25, -0.2) is 4.79 Å². The van der Waals surface area contributed by atoms with E-state index in [0.29, 0.717) is 11.3 Å². The third-order valence-electron chi connectivity index (χ3n) is 9.01. The lowest BCUT2D eigenvalue weighted by atomic mass is 9.45. The molecule has 0 saturated heterocycles. The Kier molecular flexibility index (Phi) is 6.60. The number of carbonyl (C=O) groups is 3. The van der Waals surface area contributed by atoms with Crippen molar-refractivity contribution >= 4 is 17.8 Å². The van der Waals surface area contributed by atoms with Crippen molar-refractivity contribution in [3.63, 3.8) is 0 Å². The predicted molar refractivity (Wildman–Crippen MR) is 118 cm³/mol. The van der Waals surface area contributed by atoms with E-state index in [0.717, 1.165) is 38.5 Å². The Labute approximate surface area is 185 Å². The number of fused-ring (bicyclic) bond motifs is 3. The zero-order chi connectivity index (χ0) is 23.0. The monoisotopic (exact) mass is 433 g/mol. The van der Waals surface area contributed by atoms with Crippen LogP contribution >= 0.6 is 0 Å². The minimum absolute atomic E-state index is 0.0257. The molecule has 2 saturated carbocycles. The van der Waals surface area contributed by atoms with Crippen LogP contribution in [0.4, 0.5) is 0 Å². The van der Waals surface area contributed by atoms with E-state index < -0.39 is 23.4 Å². The first kappa shape index (κ1) is 23.8. The summed E-state index contributed by atoms with van der Waals surface area (Å²) in [6, 6.07) is -1.16. The number of carboxylic acids is 2. The van der Waals surface area contributed by atoms with E-state index in [9.17, 15) is 19.5 Å². The summed E-state index contributed by atoms with van der Waals surface area (Å²) in [7, 11) is 0. The van der Waals surface area contributed by atoms with Crippen molar-refractivity contribution in [2.24, 2.45) is 28.1 Å². The van der Waals surface area contributed by atoms with Crippen molar-refractivity contribution in [1.29, 1.82) is 0 Å². The Bertz CT molecular complexity index is 776. The molecule has 3 aliphatic rings. The summed E-state index contributed by atoms with van der Waals surface area (Å²) >= 11 is 0. The molecule has 174 valence electrons. The molecule has 3 rings (SSSR count). The molecule has 6 nitrogen and oxygen atoms in total. The number of allylic oxidation sites excluding steroid dienone is 2. The molecule has 0 heterocycles. The number of amides is 1. The first-order chi connectivity index (χ1) is 14.4. The lowest BCUT2D eigenvalue weighted by Gasteiger charge is -2.59. The Morgan fingerprint density at radius 3 is 2.48 bits per heavy atom. The van der Waals surface area contributed by atoms with Crippen LogP contribution in [-0.2, 0) is 14.4 Å². The number of rotatable bonds is 7. The van der Waals surface area contributed by atoms with Crippen molar-refractivity contribution in [1.82, 2.24) is 5.32 Å². The van der Waals surface area contributed by atoms with E-state index in [1.54, 1.807) is 0 Å². The maximum absolute atomic E-state index is 13.4. The second-order valence-electron chi connectivity index (χ2n) is 11.0. The van der Waals surface area contributed by atoms with Crippen LogP contribution in [0.5, 0.6) is 0 Å². The molecule has 3 aliphatic carbocycles. The molecular formula is C25H39NO5. The molecule has 0 bridgehead atoms. The fourth-order valence-corrected chi connectivity index (χ4v) is 6.90. The summed E-state index contributed by atoms with van der Waals surface area (Å²) in [5.41, 5.74) is 1.24. The zero-order valence-electron chi connectivity index (χ0n) is 19.5. The standard InChI is InChI=1S/C25H39NO5/c1-5-23(2)14-11-17-16(15-23)7-9-19-24(17,3)12-6-13-25(19,4)22(31)26-18(21(29)30)8-10-20(27)28/h11,16,18-19H,5-10,12-15H2,1-4H3,(H,26,31)(H,27,28)(H,29,30)/t16?,18-,19?,23-,24-,25+/m0/s1. The van der Waals surface area contributed by atoms with Crippen LogP contribution in [0.25, 0.3) is 0 Å². The molecule has 6 atom stereocenters. The van der Waals surface area contributed by atoms with Crippen LogP contribution in [0, 0.1) is 28.1 Å². The number of carboxylic acid groups (broad SMARTS) is 2. The van der Waals surface area contributed by atoms with Crippen LogP contribution in [0.15, 0.2) is 11.6 Å². The van der Waals surface area contributed by atoms with Crippen molar-refractivity contribution in [3.05, 3.63) is 11.6 Å². The van der Waals surface area contributed by atoms with Crippen LogP contribution < -0.4 is 5.32 Å². The van der Waals surface area contributed by atoms with E-state index >= 15 is 0 Å². The van der Waals surface area contributed by atoms with Crippen molar-refractivity contribution in [3.8, 4) is 0 Å². The van der Waals surface area contributed by atoms with Gasteiger partial charge in [0.05, 0.1) is 5.41 Å². The summed E-state index contributed by atoms with van der Waals surface area (Å²) < 4.78 is 0. The maximum atomic E-state index is 13.4. The Balaban J connectivity index is 1.84. The van der Waals surface area contributed by atoms with Gasteiger partial charge in [-0.15, -0.1) is 0 Å². The van der Waals surface area contributed by atoms with Gasteiger partial charge in [-0.1, -0.05) is 52.2 Å². The van der Waals surface area contributed by atoms with E-state index in [1.807, 2.05) is 6.92 Å². The fraction of sp³-hybridized carbons (Fsp3) is 0.800. The molecule has 1 amide bonds. The van der Waals surface area contributed by atoms with Gasteiger partial charge in [0.25, 0.3) is 0 Å². The maximum Gasteiger partial charge on any atom is 0.326 e. The fourth-order valence-electron chi connectivity index (χ4n) is 6.90. The molecule has 0 spiro atoms. The number of nitrogens with one attached hydrogen (secondary N) is 1. The molecule has 0 aromatic rings. The van der Waals surface area contributed by atoms with Gasteiger partial charge in [-0.05, 0) is 67.6 Å². The first-order valence-electron chi connectivity index (χ1n) is 11.9. The second kappa shape index (κ2) is 8.59. The summed E-state index contributed by atoms with van der Waals surface area (Å²) in [4.78, 5) is 36.0. The van der Waals surface area contributed by atoms with Gasteiger partial charge in [0.1, 0.15) is 6.04 Å². The minimum Gasteiger partial charge on any atom is -0.481 e. The largest absolute Gasteiger partial charge is 0.481 e. The van der Waals surface area contributed by atoms with Gasteiger partial charge in [-0.2, -0.15) is 0 Å². The van der Waals surface area contributed by atoms with Crippen LogP contribution in [0.1, 0.15) is 91.9 Å². The third-order valence-corrected chi connectivity index (χ3v) is 9.01. The summed E-state index contributed by atoms with van der Waals surface area (Å²) in [6.45, 7) is 8.99. The smallest absolute Gasteiger partial charge is 0.326 e. The second-order valence-corrected chi connectivity index (χ2v) is 11.0. The third kappa shape index (κ3) is 4.40. The highest BCUT2D eigenvalue weighted by molar-refractivity contribution is 5.88. The normalized spacial score (nSPS) is 38.3. The van der Waals surface area contributed by atoms with E-state index in [1.165, 1.54) is 18.4 Å². The highest BCUT2D eigenvalue weighted by Gasteiger charge is 2.57. The van der Waals surface area contributed by atoms with Gasteiger partial charge in [0.2, 0.25) is 5.91 Å². The number of hydrogen-bond acceptors (Lipinski definition) is 3. The van der Waals surface area contributed by atoms with Crippen molar-refractivity contribution in [2.75, 3.05) is 0 Å². The van der Waals surface area contributed by atoms with Crippen LogP contribution in [-0.4, -0.2) is 34.1 Å². The number of hydrogen-bond donors (Lipinski definition) is 3. The van der Waals surface area contributed by atoms with Gasteiger partial charge in [-0.3, -0.25) is 9.59 Å². The molecule has 31 heavy (non-hydrogen) atoms. The van der Waals surface area contributed by atoms with Gasteiger partial charge >= 0.3 is 11.9 Å². The van der Waals surface area contributed by atoms with Crippen LogP contribution in [0.3, 0.4) is 0 Å². The van der Waals surface area contributed by atoms with E-state index in [-0.39, 0.29) is 30.1 Å². The SMILES string of the molecule is CC[C@@]1(C)CC=C2C(CCC3[C@](C)(C(=O)N[C@@H](CCC(=O)O)C(=O)O)CCC[C@@]23C)C1. The zero-order valence-corrected chi connectivity index (χ0v) is 19.5. The van der Waals surface area contributed by atoms with Crippen molar-refractivity contribution in [2.45, 2.75) is 97.9 Å². The van der Waals surface area contributed by atoms with Gasteiger partial charge < -0.3 is 15.5 Å². The molecule has 3 N–H and O–H groups in total. The molecule has 6 heteroatoms. The summed E-state index contributed by atoms with van der Waals surface area (Å²) in [5.74, 6) is -1.69. The lowest BCUT2D eigenvalue weighted by molar-refractivity contribution is -0.149. The van der Waals surface area contributed by atoms with E-state index in [4.69, 9.17) is 5.11 Å². The number of aliphatic carboxylic acids is 2. The Morgan fingerprint density at radius 2 is 1.87 bits per heavy atom. The van der Waals surface area contributed by atoms with Gasteiger partial charge in [0.15, 0.2) is 0 Å². The number of carbonyl (C=O) groups excluding carboxylic acids is 1. The lowest BCUT2D eigenvalue weighted by Crippen LogP contribution is -2.57. The molecule has 0 radical (unpaired) electrons. The highest BCUT2D eigenvalue weighted by atomic mass is 16.4. The van der Waals surface area contributed by atoms with Crippen LogP contribution in [0.2, 0.25) is 0 Å². The van der Waals surface area contributed by atoms with E-state index in [2.05, 4.69) is 32.2 Å². The van der Waals surface area contributed by atoms with Gasteiger partial charge in [0, 0.05) is 6.42 Å². The van der Waals surface area contributed by atoms with Crippen molar-refractivity contribution < 1.29 is 24.6 Å². The summed E-state index contributed by atoms with van der Waals surface area (Å²) in [6.07, 6.45) is 10.4. The molecule has 2 unspecified atom stereocenters. The molecule has 2 fully saturated rings. The molecule has 0 aliphatic heterocycles. The first-order valence-corrected chi connectivity index (χ1v) is 11.9. The predicted octanol–water partition coefficient (Wildman–Crippen LogP) is 4.78. The topological polar surface area (TPSA) is 104 Å².